The van der Waals surface area contributed by atoms with Gasteiger partial charge in [0.05, 0.1) is 16.8 Å². The highest BCUT2D eigenvalue weighted by atomic mass is 32.1. The highest BCUT2D eigenvalue weighted by Gasteiger charge is 2.20. The van der Waals surface area contributed by atoms with E-state index in [-0.39, 0.29) is 0 Å². The molecule has 1 saturated heterocycles. The van der Waals surface area contributed by atoms with Gasteiger partial charge in [0.25, 0.3) is 5.91 Å². The number of rotatable bonds is 2. The lowest BCUT2D eigenvalue weighted by Crippen LogP contribution is -2.24. The molecule has 1 amide bonds. The zero-order valence-corrected chi connectivity index (χ0v) is 12.1. The van der Waals surface area contributed by atoms with E-state index in [0.717, 1.165) is 29.0 Å². The largest absolute Gasteiger partial charge is 0.397 e. The summed E-state index contributed by atoms with van der Waals surface area (Å²) in [6, 6.07) is 1.99. The number of hydrogen-bond acceptors (Lipinski definition) is 5. The number of pyridine rings is 1. The van der Waals surface area contributed by atoms with E-state index in [0.29, 0.717) is 10.6 Å². The predicted octanol–water partition coefficient (Wildman–Crippen LogP) is 2.36. The smallest absolute Gasteiger partial charge is 0.260 e. The summed E-state index contributed by atoms with van der Waals surface area (Å²) in [7, 11) is 0. The Morgan fingerprint density at radius 1 is 1.25 bits per heavy atom. The minimum absolute atomic E-state index is 0.412. The van der Waals surface area contributed by atoms with Crippen LogP contribution in [0.15, 0.2) is 12.3 Å². The molecule has 3 rings (SSSR count). The van der Waals surface area contributed by atoms with Gasteiger partial charge in [-0.25, -0.2) is 4.98 Å². The molecule has 2 aromatic rings. The van der Waals surface area contributed by atoms with Crippen LogP contribution in [0.4, 0.5) is 11.4 Å². The molecule has 1 aliphatic heterocycles. The molecule has 4 N–H and O–H groups in total. The molecule has 3 heterocycles. The summed E-state index contributed by atoms with van der Waals surface area (Å²) < 4.78 is 0. The first-order valence-electron chi connectivity index (χ1n) is 6.90. The Hall–Kier alpha value is -1.82. The summed E-state index contributed by atoms with van der Waals surface area (Å²) in [5.74, 6) is -0.479. The fourth-order valence-corrected chi connectivity index (χ4v) is 3.72. The lowest BCUT2D eigenvalue weighted by molar-refractivity contribution is 0.100. The van der Waals surface area contributed by atoms with Crippen molar-refractivity contribution >= 4 is 38.8 Å². The van der Waals surface area contributed by atoms with E-state index in [1.54, 1.807) is 6.20 Å². The number of aromatic nitrogens is 1. The predicted molar refractivity (Wildman–Crippen MR) is 83.2 cm³/mol. The summed E-state index contributed by atoms with van der Waals surface area (Å²) in [4.78, 5) is 19.3. The normalized spacial score (nSPS) is 16.3. The maximum atomic E-state index is 11.4. The van der Waals surface area contributed by atoms with E-state index in [9.17, 15) is 4.79 Å². The minimum atomic E-state index is -0.479. The standard InChI is InChI=1S/C14H18N4OS/c15-11-10-9(18-7-3-1-2-4-8-18)5-6-17-14(10)20-12(11)13(16)19/h5-6H,1-4,7-8,15H2,(H2,16,19). The Balaban J connectivity index is 2.12. The van der Waals surface area contributed by atoms with Gasteiger partial charge >= 0.3 is 0 Å². The molecule has 0 bridgehead atoms. The van der Waals surface area contributed by atoms with Gasteiger partial charge in [-0.15, -0.1) is 11.3 Å². The number of nitrogens with two attached hydrogens (primary N) is 2. The molecule has 1 aliphatic rings. The number of anilines is 2. The van der Waals surface area contributed by atoms with Crippen LogP contribution < -0.4 is 16.4 Å². The third-order valence-corrected chi connectivity index (χ3v) is 4.91. The maximum absolute atomic E-state index is 11.4. The van der Waals surface area contributed by atoms with Crippen molar-refractivity contribution in [2.45, 2.75) is 25.7 Å². The number of carbonyl (C=O) groups excluding carboxylic acids is 1. The number of nitrogen functional groups attached to an aromatic ring is 1. The molecule has 106 valence electrons. The topological polar surface area (TPSA) is 85.2 Å². The van der Waals surface area contributed by atoms with Crippen molar-refractivity contribution in [1.82, 2.24) is 4.98 Å². The SMILES string of the molecule is NC(=O)c1sc2nccc(N3CCCCCC3)c2c1N. The van der Waals surface area contributed by atoms with Crippen molar-refractivity contribution in [2.75, 3.05) is 23.7 Å². The number of amides is 1. The van der Waals surface area contributed by atoms with Crippen LogP contribution in [0.2, 0.25) is 0 Å². The molecule has 0 unspecified atom stereocenters. The zero-order chi connectivity index (χ0) is 14.1. The number of nitrogens with zero attached hydrogens (tertiary/aromatic N) is 2. The average molecular weight is 290 g/mol. The second-order valence-corrected chi connectivity index (χ2v) is 6.12. The average Bonchev–Trinajstić information content (AvgIpc) is 2.64. The van der Waals surface area contributed by atoms with Gasteiger partial charge in [-0.1, -0.05) is 12.8 Å². The number of thiophene rings is 1. The van der Waals surface area contributed by atoms with E-state index in [2.05, 4.69) is 9.88 Å². The molecule has 6 heteroatoms. The summed E-state index contributed by atoms with van der Waals surface area (Å²) in [5, 5.41) is 0.883. The van der Waals surface area contributed by atoms with E-state index in [4.69, 9.17) is 11.5 Å². The zero-order valence-electron chi connectivity index (χ0n) is 11.3. The number of fused-ring (bicyclic) bond motifs is 1. The number of primary amides is 1. The third-order valence-electron chi connectivity index (χ3n) is 3.78. The van der Waals surface area contributed by atoms with Gasteiger partial charge in [0.2, 0.25) is 0 Å². The van der Waals surface area contributed by atoms with Crippen molar-refractivity contribution in [1.29, 1.82) is 0 Å². The second-order valence-electron chi connectivity index (χ2n) is 5.12. The van der Waals surface area contributed by atoms with Crippen molar-refractivity contribution in [3.8, 4) is 0 Å². The van der Waals surface area contributed by atoms with Crippen LogP contribution in [0.1, 0.15) is 35.4 Å². The molecule has 0 aliphatic carbocycles. The van der Waals surface area contributed by atoms with Crippen molar-refractivity contribution < 1.29 is 4.79 Å². The van der Waals surface area contributed by atoms with E-state index in [1.807, 2.05) is 6.07 Å². The van der Waals surface area contributed by atoms with Gasteiger partial charge in [-0.3, -0.25) is 4.79 Å². The molecule has 0 saturated carbocycles. The molecule has 20 heavy (non-hydrogen) atoms. The number of hydrogen-bond donors (Lipinski definition) is 2. The highest BCUT2D eigenvalue weighted by Crippen LogP contribution is 2.38. The van der Waals surface area contributed by atoms with Gasteiger partial charge in [-0.05, 0) is 18.9 Å². The Labute approximate surface area is 121 Å². The third kappa shape index (κ3) is 2.20. The van der Waals surface area contributed by atoms with Crippen LogP contribution in [0, 0.1) is 0 Å². The quantitative estimate of drug-likeness (QED) is 0.889. The van der Waals surface area contributed by atoms with Crippen LogP contribution in [-0.4, -0.2) is 24.0 Å². The summed E-state index contributed by atoms with van der Waals surface area (Å²) >= 11 is 1.28. The first-order valence-corrected chi connectivity index (χ1v) is 7.72. The van der Waals surface area contributed by atoms with Crippen LogP contribution >= 0.6 is 11.3 Å². The van der Waals surface area contributed by atoms with E-state index >= 15 is 0 Å². The Morgan fingerprint density at radius 3 is 2.60 bits per heavy atom. The molecule has 0 aromatic carbocycles. The molecule has 1 fully saturated rings. The molecular formula is C14H18N4OS. The Bertz CT molecular complexity index is 644. The minimum Gasteiger partial charge on any atom is -0.397 e. The van der Waals surface area contributed by atoms with Crippen LogP contribution in [0.5, 0.6) is 0 Å². The van der Waals surface area contributed by atoms with Crippen molar-refractivity contribution in [2.24, 2.45) is 5.73 Å². The molecule has 2 aromatic heterocycles. The maximum Gasteiger partial charge on any atom is 0.260 e. The molecule has 5 nitrogen and oxygen atoms in total. The first-order chi connectivity index (χ1) is 9.68. The molecule has 0 atom stereocenters. The summed E-state index contributed by atoms with van der Waals surface area (Å²) in [6.07, 6.45) is 6.71. The molecule has 0 spiro atoms. The fraction of sp³-hybridized carbons (Fsp3) is 0.429. The lowest BCUT2D eigenvalue weighted by Gasteiger charge is -2.23. The van der Waals surface area contributed by atoms with Gasteiger partial charge in [0, 0.05) is 19.3 Å². The van der Waals surface area contributed by atoms with Crippen LogP contribution in [0.25, 0.3) is 10.2 Å². The van der Waals surface area contributed by atoms with Crippen molar-refractivity contribution in [3.63, 3.8) is 0 Å². The summed E-state index contributed by atoms with van der Waals surface area (Å²) in [6.45, 7) is 2.06. The monoisotopic (exact) mass is 290 g/mol. The van der Waals surface area contributed by atoms with Crippen LogP contribution in [0.3, 0.4) is 0 Å². The fourth-order valence-electron chi connectivity index (χ4n) is 2.79. The molecule has 0 radical (unpaired) electrons. The Morgan fingerprint density at radius 2 is 1.95 bits per heavy atom. The first kappa shape index (κ1) is 13.2. The van der Waals surface area contributed by atoms with Crippen molar-refractivity contribution in [3.05, 3.63) is 17.1 Å². The lowest BCUT2D eigenvalue weighted by atomic mass is 10.2. The van der Waals surface area contributed by atoms with Gasteiger partial charge < -0.3 is 16.4 Å². The highest BCUT2D eigenvalue weighted by molar-refractivity contribution is 7.21. The second kappa shape index (κ2) is 5.28. The summed E-state index contributed by atoms with van der Waals surface area (Å²) in [5.41, 5.74) is 13.1. The van der Waals surface area contributed by atoms with Crippen LogP contribution in [-0.2, 0) is 0 Å². The van der Waals surface area contributed by atoms with E-state index < -0.39 is 5.91 Å². The molecular weight excluding hydrogens is 272 g/mol. The van der Waals surface area contributed by atoms with E-state index in [1.165, 1.54) is 37.0 Å². The number of carbonyl (C=O) groups is 1. The van der Waals surface area contributed by atoms with Gasteiger partial charge in [0.1, 0.15) is 9.71 Å². The Kier molecular flexibility index (Phi) is 3.48. The van der Waals surface area contributed by atoms with Gasteiger partial charge in [-0.2, -0.15) is 0 Å². The van der Waals surface area contributed by atoms with Gasteiger partial charge in [0.15, 0.2) is 0 Å².